The van der Waals surface area contributed by atoms with Crippen LogP contribution in [0.5, 0.6) is 5.75 Å². The van der Waals surface area contributed by atoms with Gasteiger partial charge in [-0.1, -0.05) is 18.2 Å². The fraction of sp³-hybridized carbons (Fsp3) is 0.273. The minimum Gasteiger partial charge on any atom is -0.486 e. The third kappa shape index (κ3) is 4.62. The Hall–Kier alpha value is -3.22. The van der Waals surface area contributed by atoms with Gasteiger partial charge in [0.15, 0.2) is 11.6 Å². The number of carbonyl (C=O) groups excluding carboxylic acids is 1. The van der Waals surface area contributed by atoms with Crippen molar-refractivity contribution in [1.29, 1.82) is 0 Å². The lowest BCUT2D eigenvalue weighted by Gasteiger charge is -2.19. The van der Waals surface area contributed by atoms with Gasteiger partial charge in [-0.15, -0.1) is 0 Å². The van der Waals surface area contributed by atoms with E-state index in [9.17, 15) is 13.6 Å². The molecule has 0 unspecified atom stereocenters. The molecule has 0 fully saturated rings. The van der Waals surface area contributed by atoms with Crippen LogP contribution >= 0.6 is 0 Å². The summed E-state index contributed by atoms with van der Waals surface area (Å²) in [4.78, 5) is 14.6. The molecule has 0 radical (unpaired) electrons. The van der Waals surface area contributed by atoms with Gasteiger partial charge in [0.05, 0.1) is 6.20 Å². The number of halogens is 2. The SMILES string of the molecule is CCn1ncc(CN(C)C(=O)c2ccccc2COc2ccc(F)cc2F)c1C. The lowest BCUT2D eigenvalue weighted by molar-refractivity contribution is 0.0782. The van der Waals surface area contributed by atoms with Gasteiger partial charge in [0.2, 0.25) is 0 Å². The Morgan fingerprint density at radius 3 is 2.62 bits per heavy atom. The summed E-state index contributed by atoms with van der Waals surface area (Å²) < 4.78 is 34.2. The predicted molar refractivity (Wildman–Crippen MR) is 106 cm³/mol. The Kier molecular flexibility index (Phi) is 6.26. The molecule has 1 aromatic heterocycles. The number of hydrogen-bond acceptors (Lipinski definition) is 3. The van der Waals surface area contributed by atoms with Crippen molar-refractivity contribution < 1.29 is 18.3 Å². The van der Waals surface area contributed by atoms with Gasteiger partial charge >= 0.3 is 0 Å². The zero-order valence-corrected chi connectivity index (χ0v) is 16.7. The molecule has 3 rings (SSSR count). The summed E-state index contributed by atoms with van der Waals surface area (Å²) in [6, 6.07) is 10.1. The zero-order chi connectivity index (χ0) is 21.0. The van der Waals surface area contributed by atoms with E-state index in [-0.39, 0.29) is 18.3 Å². The highest BCUT2D eigenvalue weighted by atomic mass is 19.1. The topological polar surface area (TPSA) is 47.4 Å². The third-order valence-electron chi connectivity index (χ3n) is 4.78. The number of aryl methyl sites for hydroxylation is 1. The van der Waals surface area contributed by atoms with Crippen molar-refractivity contribution in [2.75, 3.05) is 7.05 Å². The monoisotopic (exact) mass is 399 g/mol. The second-order valence-electron chi connectivity index (χ2n) is 6.75. The molecule has 1 heterocycles. The van der Waals surface area contributed by atoms with E-state index in [4.69, 9.17) is 4.74 Å². The molecule has 3 aromatic rings. The highest BCUT2D eigenvalue weighted by Crippen LogP contribution is 2.21. The number of benzene rings is 2. The zero-order valence-electron chi connectivity index (χ0n) is 16.7. The third-order valence-corrected chi connectivity index (χ3v) is 4.78. The summed E-state index contributed by atoms with van der Waals surface area (Å²) in [5.41, 5.74) is 3.09. The molecule has 1 amide bonds. The van der Waals surface area contributed by atoms with E-state index in [0.29, 0.717) is 17.7 Å². The van der Waals surface area contributed by atoms with Gasteiger partial charge < -0.3 is 9.64 Å². The summed E-state index contributed by atoms with van der Waals surface area (Å²) >= 11 is 0. The van der Waals surface area contributed by atoms with Crippen LogP contribution in [0.4, 0.5) is 8.78 Å². The predicted octanol–water partition coefficient (Wildman–Crippen LogP) is 4.34. The number of ether oxygens (including phenoxy) is 1. The minimum atomic E-state index is -0.783. The highest BCUT2D eigenvalue weighted by Gasteiger charge is 2.18. The van der Waals surface area contributed by atoms with Crippen molar-refractivity contribution >= 4 is 5.91 Å². The quantitative estimate of drug-likeness (QED) is 0.594. The van der Waals surface area contributed by atoms with Crippen molar-refractivity contribution in [3.8, 4) is 5.75 Å². The molecular weight excluding hydrogens is 376 g/mol. The molecule has 0 atom stereocenters. The van der Waals surface area contributed by atoms with Crippen LogP contribution in [0.3, 0.4) is 0 Å². The van der Waals surface area contributed by atoms with Crippen LogP contribution in [0.2, 0.25) is 0 Å². The van der Waals surface area contributed by atoms with E-state index in [1.54, 1.807) is 42.4 Å². The normalized spacial score (nSPS) is 10.8. The summed E-state index contributed by atoms with van der Waals surface area (Å²) in [7, 11) is 1.72. The summed E-state index contributed by atoms with van der Waals surface area (Å²) in [5, 5.41) is 4.31. The van der Waals surface area contributed by atoms with Gasteiger partial charge in [0, 0.05) is 48.6 Å². The molecule has 0 N–H and O–H groups in total. The number of amides is 1. The molecule has 5 nitrogen and oxygen atoms in total. The van der Waals surface area contributed by atoms with E-state index in [0.717, 1.165) is 29.9 Å². The Morgan fingerprint density at radius 2 is 1.93 bits per heavy atom. The van der Waals surface area contributed by atoms with Crippen LogP contribution in [-0.2, 0) is 19.7 Å². The first-order valence-corrected chi connectivity index (χ1v) is 9.33. The van der Waals surface area contributed by atoms with Crippen molar-refractivity contribution in [2.24, 2.45) is 0 Å². The van der Waals surface area contributed by atoms with Crippen LogP contribution in [0.1, 0.15) is 34.1 Å². The Bertz CT molecular complexity index is 1020. The van der Waals surface area contributed by atoms with Crippen molar-refractivity contribution in [1.82, 2.24) is 14.7 Å². The molecule has 0 spiro atoms. The molecule has 0 aliphatic rings. The van der Waals surface area contributed by atoms with E-state index < -0.39 is 11.6 Å². The first-order valence-electron chi connectivity index (χ1n) is 9.33. The molecule has 0 bridgehead atoms. The number of nitrogens with zero attached hydrogens (tertiary/aromatic N) is 3. The van der Waals surface area contributed by atoms with E-state index in [1.807, 2.05) is 18.5 Å². The molecule has 2 aromatic carbocycles. The average Bonchev–Trinajstić information content (AvgIpc) is 3.06. The van der Waals surface area contributed by atoms with Gasteiger partial charge in [-0.25, -0.2) is 8.78 Å². The molecule has 29 heavy (non-hydrogen) atoms. The smallest absolute Gasteiger partial charge is 0.254 e. The fourth-order valence-corrected chi connectivity index (χ4v) is 3.09. The minimum absolute atomic E-state index is 0.00883. The second-order valence-corrected chi connectivity index (χ2v) is 6.75. The fourth-order valence-electron chi connectivity index (χ4n) is 3.09. The van der Waals surface area contributed by atoms with Gasteiger partial charge in [0.25, 0.3) is 5.91 Å². The lowest BCUT2D eigenvalue weighted by atomic mass is 10.1. The molecule has 152 valence electrons. The average molecular weight is 399 g/mol. The molecule has 0 aliphatic heterocycles. The van der Waals surface area contributed by atoms with Crippen molar-refractivity contribution in [2.45, 2.75) is 33.5 Å². The number of carbonyl (C=O) groups is 1. The van der Waals surface area contributed by atoms with Gasteiger partial charge in [-0.2, -0.15) is 5.10 Å². The van der Waals surface area contributed by atoms with Crippen LogP contribution in [0.25, 0.3) is 0 Å². The Labute approximate surface area is 168 Å². The molecule has 0 saturated carbocycles. The maximum atomic E-state index is 13.8. The van der Waals surface area contributed by atoms with Gasteiger partial charge in [-0.05, 0) is 32.0 Å². The molecule has 7 heteroatoms. The summed E-state index contributed by atoms with van der Waals surface area (Å²) in [6.45, 7) is 5.17. The molecular formula is C22H23F2N3O2. The number of aromatic nitrogens is 2. The molecule has 0 aliphatic carbocycles. The maximum Gasteiger partial charge on any atom is 0.254 e. The standard InChI is InChI=1S/C22H23F2N3O2/c1-4-27-15(2)17(12-25-27)13-26(3)22(28)19-8-6-5-7-16(19)14-29-21-10-9-18(23)11-20(21)24/h5-12H,4,13-14H2,1-3H3. The first kappa shape index (κ1) is 20.5. The van der Waals surface area contributed by atoms with Gasteiger partial charge in [0.1, 0.15) is 12.4 Å². The highest BCUT2D eigenvalue weighted by molar-refractivity contribution is 5.95. The number of hydrogen-bond donors (Lipinski definition) is 0. The van der Waals surface area contributed by atoms with Crippen LogP contribution < -0.4 is 4.74 Å². The van der Waals surface area contributed by atoms with Crippen LogP contribution in [-0.4, -0.2) is 27.6 Å². The first-order chi connectivity index (χ1) is 13.9. The summed E-state index contributed by atoms with van der Waals surface area (Å²) in [6.07, 6.45) is 1.77. The van der Waals surface area contributed by atoms with E-state index in [2.05, 4.69) is 5.10 Å². The van der Waals surface area contributed by atoms with Crippen LogP contribution in [0.15, 0.2) is 48.7 Å². The van der Waals surface area contributed by atoms with E-state index >= 15 is 0 Å². The Morgan fingerprint density at radius 1 is 1.17 bits per heavy atom. The van der Waals surface area contributed by atoms with Crippen LogP contribution in [0, 0.1) is 18.6 Å². The Balaban J connectivity index is 1.74. The largest absolute Gasteiger partial charge is 0.486 e. The maximum absolute atomic E-state index is 13.8. The summed E-state index contributed by atoms with van der Waals surface area (Å²) in [5.74, 6) is -1.69. The van der Waals surface area contributed by atoms with Crippen molar-refractivity contribution in [3.63, 3.8) is 0 Å². The number of rotatable bonds is 7. The van der Waals surface area contributed by atoms with E-state index in [1.165, 1.54) is 6.07 Å². The second kappa shape index (κ2) is 8.86. The van der Waals surface area contributed by atoms with Gasteiger partial charge in [-0.3, -0.25) is 9.48 Å². The molecule has 0 saturated heterocycles. The van der Waals surface area contributed by atoms with Crippen molar-refractivity contribution in [3.05, 3.63) is 82.7 Å². The lowest BCUT2D eigenvalue weighted by Crippen LogP contribution is -2.27.